The van der Waals surface area contributed by atoms with Crippen LogP contribution in [0.25, 0.3) is 27.5 Å². The first-order valence-electron chi connectivity index (χ1n) is 13.3. The highest BCUT2D eigenvalue weighted by atomic mass is 35.5. The number of nitrogens with zero attached hydrogens (tertiary/aromatic N) is 6. The maximum Gasteiger partial charge on any atom is 0.223 e. The molecule has 1 N–H and O–H groups in total. The fourth-order valence-corrected chi connectivity index (χ4v) is 6.63. The second kappa shape index (κ2) is 11.1. The smallest absolute Gasteiger partial charge is 0.223 e. The average Bonchev–Trinajstić information content (AvgIpc) is 3.64. The Kier molecular flexibility index (Phi) is 7.39. The second-order valence-electron chi connectivity index (χ2n) is 10.00. The molecule has 3 aromatic heterocycles. The van der Waals surface area contributed by atoms with E-state index in [1.165, 1.54) is 18.3 Å². The highest BCUT2D eigenvalue weighted by molar-refractivity contribution is 7.19. The monoisotopic (exact) mass is 575 g/mol. The second-order valence-corrected chi connectivity index (χ2v) is 11.4. The lowest BCUT2D eigenvalue weighted by Gasteiger charge is -2.18. The van der Waals surface area contributed by atoms with E-state index in [9.17, 15) is 4.79 Å². The minimum Gasteiger partial charge on any atom is -0.383 e. The van der Waals surface area contributed by atoms with Gasteiger partial charge in [0.25, 0.3) is 0 Å². The molecule has 0 spiro atoms. The number of fused-ring (bicyclic) bond motifs is 3. The van der Waals surface area contributed by atoms with Crippen molar-refractivity contribution in [2.75, 3.05) is 32.1 Å². The minimum absolute atomic E-state index is 0.144. The molecule has 4 heterocycles. The molecular formula is C29H30ClN7O2S. The zero-order chi connectivity index (χ0) is 27.8. The van der Waals surface area contributed by atoms with E-state index in [-0.39, 0.29) is 5.91 Å². The number of aliphatic imine (C=N–C) groups is 1. The van der Waals surface area contributed by atoms with Gasteiger partial charge in [-0.25, -0.2) is 14.7 Å². The molecule has 0 radical (unpaired) electrons. The number of amidine groups is 1. The normalized spacial score (nSPS) is 15.4. The Bertz CT molecular complexity index is 1610. The Morgan fingerprint density at radius 1 is 1.23 bits per heavy atom. The summed E-state index contributed by atoms with van der Waals surface area (Å²) in [5.41, 5.74) is 7.37. The molecule has 9 nitrogen and oxygen atoms in total. The molecule has 40 heavy (non-hydrogen) atoms. The van der Waals surface area contributed by atoms with E-state index in [2.05, 4.69) is 21.3 Å². The molecule has 11 heteroatoms. The fourth-order valence-electron chi connectivity index (χ4n) is 5.26. The first-order chi connectivity index (χ1) is 19.4. The number of benzene rings is 1. The van der Waals surface area contributed by atoms with Crippen molar-refractivity contribution in [2.24, 2.45) is 4.99 Å². The molecular weight excluding hydrogens is 546 g/mol. The van der Waals surface area contributed by atoms with Crippen LogP contribution in [0.4, 0.5) is 10.8 Å². The number of rotatable bonds is 7. The molecule has 1 aliphatic heterocycles. The molecule has 6 rings (SSSR count). The van der Waals surface area contributed by atoms with E-state index < -0.39 is 0 Å². The van der Waals surface area contributed by atoms with E-state index in [0.717, 1.165) is 94.8 Å². The van der Waals surface area contributed by atoms with Gasteiger partial charge in [-0.1, -0.05) is 22.9 Å². The number of likely N-dealkylation sites (tertiary alicyclic amines) is 1. The van der Waals surface area contributed by atoms with E-state index in [4.69, 9.17) is 31.4 Å². The van der Waals surface area contributed by atoms with Gasteiger partial charge >= 0.3 is 0 Å². The number of aromatic nitrogens is 4. The summed E-state index contributed by atoms with van der Waals surface area (Å²) >= 11 is 8.41. The standard InChI is InChI=1S/C29H30ClN7O2S/c1-17-6-7-19(16-31-17)26-21-9-10-23-28(40-29(34-23)32-18(2)38)27(21)37(35-26)24-11-8-20(15-22(24)30)33-25-5-4-12-36(25)13-14-39-3/h6-8,11,15-16H,4-5,9-10,12-14H2,1-3H3,(H,32,34,38)/b33-25+. The molecule has 206 valence electrons. The summed E-state index contributed by atoms with van der Waals surface area (Å²) in [4.78, 5) is 29.1. The summed E-state index contributed by atoms with van der Waals surface area (Å²) in [6.45, 7) is 5.95. The lowest BCUT2D eigenvalue weighted by atomic mass is 9.95. The third-order valence-electron chi connectivity index (χ3n) is 7.15. The molecule has 2 aliphatic rings. The van der Waals surface area contributed by atoms with Crippen LogP contribution in [0, 0.1) is 6.92 Å². The van der Waals surface area contributed by atoms with Gasteiger partial charge in [-0.2, -0.15) is 5.10 Å². The van der Waals surface area contributed by atoms with E-state index >= 15 is 0 Å². The van der Waals surface area contributed by atoms with Crippen molar-refractivity contribution in [3.05, 3.63) is 58.5 Å². The number of anilines is 1. The highest BCUT2D eigenvalue weighted by Crippen LogP contribution is 2.45. The lowest BCUT2D eigenvalue weighted by Crippen LogP contribution is -2.28. The maximum atomic E-state index is 11.7. The Hall–Kier alpha value is -3.60. The summed E-state index contributed by atoms with van der Waals surface area (Å²) in [6, 6.07) is 9.91. The quantitative estimate of drug-likeness (QED) is 0.297. The van der Waals surface area contributed by atoms with Gasteiger partial charge in [0, 0.05) is 56.6 Å². The van der Waals surface area contributed by atoms with Crippen molar-refractivity contribution < 1.29 is 9.53 Å². The Morgan fingerprint density at radius 3 is 2.85 bits per heavy atom. The van der Waals surface area contributed by atoms with Crippen LogP contribution in [0.2, 0.25) is 5.02 Å². The van der Waals surface area contributed by atoms with Gasteiger partial charge in [0.2, 0.25) is 5.91 Å². The molecule has 1 fully saturated rings. The maximum absolute atomic E-state index is 11.7. The summed E-state index contributed by atoms with van der Waals surface area (Å²) in [5.74, 6) is 0.917. The molecule has 1 saturated heterocycles. The van der Waals surface area contributed by atoms with Crippen molar-refractivity contribution in [3.63, 3.8) is 0 Å². The zero-order valence-corrected chi connectivity index (χ0v) is 24.3. The number of carbonyl (C=O) groups is 1. The number of carbonyl (C=O) groups excluding carboxylic acids is 1. The van der Waals surface area contributed by atoms with Crippen LogP contribution in [0.3, 0.4) is 0 Å². The Labute approximate surface area is 241 Å². The number of methoxy groups -OCH3 is 1. The molecule has 0 bridgehead atoms. The number of thiazole rings is 1. The van der Waals surface area contributed by atoms with Crippen LogP contribution in [0.15, 0.2) is 41.5 Å². The third-order valence-corrected chi connectivity index (χ3v) is 8.47. The molecule has 1 aromatic carbocycles. The summed E-state index contributed by atoms with van der Waals surface area (Å²) in [7, 11) is 1.72. The summed E-state index contributed by atoms with van der Waals surface area (Å²) < 4.78 is 7.18. The van der Waals surface area contributed by atoms with Gasteiger partial charge in [-0.15, -0.1) is 0 Å². The van der Waals surface area contributed by atoms with Crippen LogP contribution in [0.5, 0.6) is 0 Å². The van der Waals surface area contributed by atoms with Crippen molar-refractivity contribution in [1.82, 2.24) is 24.6 Å². The van der Waals surface area contributed by atoms with Gasteiger partial charge < -0.3 is 15.0 Å². The first-order valence-corrected chi connectivity index (χ1v) is 14.5. The lowest BCUT2D eigenvalue weighted by molar-refractivity contribution is -0.114. The van der Waals surface area contributed by atoms with E-state index in [0.29, 0.717) is 16.8 Å². The van der Waals surface area contributed by atoms with Crippen LogP contribution < -0.4 is 5.32 Å². The first kappa shape index (κ1) is 26.6. The van der Waals surface area contributed by atoms with Crippen LogP contribution in [-0.2, 0) is 22.4 Å². The number of ether oxygens (including phenoxy) is 1. The van der Waals surface area contributed by atoms with Gasteiger partial charge in [-0.3, -0.25) is 9.78 Å². The molecule has 4 aromatic rings. The number of hydrogen-bond donors (Lipinski definition) is 1. The van der Waals surface area contributed by atoms with Crippen LogP contribution in [-0.4, -0.2) is 63.2 Å². The number of pyridine rings is 1. The van der Waals surface area contributed by atoms with Crippen molar-refractivity contribution in [3.8, 4) is 27.5 Å². The molecule has 1 aliphatic carbocycles. The van der Waals surface area contributed by atoms with Crippen LogP contribution in [0.1, 0.15) is 36.7 Å². The Balaban J connectivity index is 1.44. The number of hydrogen-bond acceptors (Lipinski definition) is 7. The zero-order valence-electron chi connectivity index (χ0n) is 22.7. The summed E-state index contributed by atoms with van der Waals surface area (Å²) in [5, 5.41) is 9.08. The fraction of sp³-hybridized carbons (Fsp3) is 0.345. The third kappa shape index (κ3) is 5.14. The number of amides is 1. The number of halogens is 1. The van der Waals surface area contributed by atoms with Gasteiger partial charge in [0.15, 0.2) is 5.13 Å². The average molecular weight is 576 g/mol. The van der Waals surface area contributed by atoms with Gasteiger partial charge in [0.05, 0.1) is 45.0 Å². The van der Waals surface area contributed by atoms with Gasteiger partial charge in [-0.05, 0) is 56.5 Å². The van der Waals surface area contributed by atoms with Crippen molar-refractivity contribution in [2.45, 2.75) is 39.5 Å². The summed E-state index contributed by atoms with van der Waals surface area (Å²) in [6.07, 6.45) is 5.43. The highest BCUT2D eigenvalue weighted by Gasteiger charge is 2.30. The van der Waals surface area contributed by atoms with Gasteiger partial charge in [0.1, 0.15) is 5.84 Å². The van der Waals surface area contributed by atoms with Crippen molar-refractivity contribution >= 4 is 45.5 Å². The predicted octanol–water partition coefficient (Wildman–Crippen LogP) is 5.85. The SMILES string of the molecule is COCCN1CCC/C1=N\c1ccc(-n2nc(-c3ccc(C)nc3)c3c2-c2sc(NC(C)=O)nc2CC3)c(Cl)c1. The molecule has 1 amide bonds. The molecule has 0 saturated carbocycles. The Morgan fingerprint density at radius 2 is 2.10 bits per heavy atom. The minimum atomic E-state index is -0.144. The van der Waals surface area contributed by atoms with E-state index in [1.807, 2.05) is 42.1 Å². The molecule has 0 unspecified atom stereocenters. The number of nitrogens with one attached hydrogen (secondary N) is 1. The molecule has 0 atom stereocenters. The van der Waals surface area contributed by atoms with E-state index in [1.54, 1.807) is 7.11 Å². The van der Waals surface area contributed by atoms with Crippen LogP contribution >= 0.6 is 22.9 Å². The largest absolute Gasteiger partial charge is 0.383 e. The number of aryl methyl sites for hydroxylation is 2. The topological polar surface area (TPSA) is 97.5 Å². The predicted molar refractivity (Wildman–Crippen MR) is 159 cm³/mol. The van der Waals surface area contributed by atoms with Crippen molar-refractivity contribution in [1.29, 1.82) is 0 Å².